The summed E-state index contributed by atoms with van der Waals surface area (Å²) in [5.74, 6) is 0.624. The Kier molecular flexibility index (Phi) is 3.60. The Morgan fingerprint density at radius 1 is 1.40 bits per heavy atom. The normalized spacial score (nSPS) is 12.8. The van der Waals surface area contributed by atoms with E-state index in [2.05, 4.69) is 6.07 Å². The molecule has 1 aromatic carbocycles. The molecule has 0 amide bonds. The van der Waals surface area contributed by atoms with Gasteiger partial charge in [-0.25, -0.2) is 4.79 Å². The fourth-order valence-electron chi connectivity index (χ4n) is 2.21. The van der Waals surface area contributed by atoms with Gasteiger partial charge in [-0.05, 0) is 28.6 Å². The Balaban J connectivity index is 1.55. The monoisotopic (exact) mass is 289 g/mol. The second kappa shape index (κ2) is 5.54. The van der Waals surface area contributed by atoms with Crippen LogP contribution in [-0.2, 0) is 17.6 Å². The molecule has 2 aromatic rings. The number of nitrogen functional groups attached to an aromatic ring is 1. The van der Waals surface area contributed by atoms with E-state index in [0.717, 1.165) is 24.3 Å². The van der Waals surface area contributed by atoms with Gasteiger partial charge < -0.3 is 15.2 Å². The zero-order valence-electron chi connectivity index (χ0n) is 10.9. The third-order valence-corrected chi connectivity index (χ3v) is 4.17. The van der Waals surface area contributed by atoms with Crippen LogP contribution in [0, 0.1) is 0 Å². The highest BCUT2D eigenvalue weighted by atomic mass is 32.1. The molecule has 5 heteroatoms. The molecule has 104 valence electrons. The molecule has 2 N–H and O–H groups in total. The molecule has 0 spiro atoms. The lowest BCUT2D eigenvalue weighted by Gasteiger charge is -2.06. The SMILES string of the molecule is Nc1ccsc1C(=O)OCCc1ccc2c(c1)CCO2. The van der Waals surface area contributed by atoms with E-state index in [4.69, 9.17) is 15.2 Å². The number of carbonyl (C=O) groups excluding carboxylic acids is 1. The molecule has 0 fully saturated rings. The van der Waals surface area contributed by atoms with E-state index >= 15 is 0 Å². The quantitative estimate of drug-likeness (QED) is 0.879. The van der Waals surface area contributed by atoms with E-state index < -0.39 is 0 Å². The van der Waals surface area contributed by atoms with Crippen molar-refractivity contribution in [3.63, 3.8) is 0 Å². The van der Waals surface area contributed by atoms with Gasteiger partial charge in [0.1, 0.15) is 10.6 Å². The standard InChI is InChI=1S/C15H15NO3S/c16-12-5-8-20-14(12)15(17)19-6-3-10-1-2-13-11(9-10)4-7-18-13/h1-2,5,8-9H,3-4,6-7,16H2. The maximum absolute atomic E-state index is 11.8. The van der Waals surface area contributed by atoms with Gasteiger partial charge in [0.25, 0.3) is 0 Å². The first-order chi connectivity index (χ1) is 9.74. The summed E-state index contributed by atoms with van der Waals surface area (Å²) in [4.78, 5) is 12.3. The first-order valence-corrected chi connectivity index (χ1v) is 7.37. The van der Waals surface area contributed by atoms with Crippen LogP contribution in [0.3, 0.4) is 0 Å². The molecule has 20 heavy (non-hydrogen) atoms. The zero-order valence-corrected chi connectivity index (χ0v) is 11.7. The first-order valence-electron chi connectivity index (χ1n) is 6.49. The lowest BCUT2D eigenvalue weighted by Crippen LogP contribution is -2.08. The average Bonchev–Trinajstić information content (AvgIpc) is 3.06. The van der Waals surface area contributed by atoms with Crippen molar-refractivity contribution < 1.29 is 14.3 Å². The fourth-order valence-corrected chi connectivity index (χ4v) is 2.92. The molecule has 0 radical (unpaired) electrons. The Morgan fingerprint density at radius 2 is 2.30 bits per heavy atom. The molecular weight excluding hydrogens is 274 g/mol. The second-order valence-corrected chi connectivity index (χ2v) is 5.55. The zero-order chi connectivity index (χ0) is 13.9. The van der Waals surface area contributed by atoms with Crippen molar-refractivity contribution in [3.05, 3.63) is 45.6 Å². The smallest absolute Gasteiger partial charge is 0.350 e. The summed E-state index contributed by atoms with van der Waals surface area (Å²) in [5, 5.41) is 1.78. The minimum atomic E-state index is -0.345. The predicted molar refractivity (Wildman–Crippen MR) is 78.4 cm³/mol. The number of hydrogen-bond acceptors (Lipinski definition) is 5. The van der Waals surface area contributed by atoms with Gasteiger partial charge in [0.2, 0.25) is 0 Å². The van der Waals surface area contributed by atoms with Gasteiger partial charge in [-0.1, -0.05) is 12.1 Å². The number of hydrogen-bond donors (Lipinski definition) is 1. The third kappa shape index (κ3) is 2.63. The molecule has 3 rings (SSSR count). The first kappa shape index (κ1) is 13.0. The molecule has 1 aromatic heterocycles. The molecular formula is C15H15NO3S. The van der Waals surface area contributed by atoms with Gasteiger partial charge in [-0.15, -0.1) is 11.3 Å². The van der Waals surface area contributed by atoms with Gasteiger partial charge in [0.05, 0.1) is 18.9 Å². The van der Waals surface area contributed by atoms with Crippen LogP contribution in [0.15, 0.2) is 29.6 Å². The number of benzene rings is 1. The van der Waals surface area contributed by atoms with E-state index in [0.29, 0.717) is 23.6 Å². The van der Waals surface area contributed by atoms with E-state index in [1.807, 2.05) is 12.1 Å². The summed E-state index contributed by atoms with van der Waals surface area (Å²) < 4.78 is 10.7. The van der Waals surface area contributed by atoms with Crippen molar-refractivity contribution in [3.8, 4) is 5.75 Å². The number of nitrogens with two attached hydrogens (primary N) is 1. The third-order valence-electron chi connectivity index (χ3n) is 3.26. The van der Waals surface area contributed by atoms with Gasteiger partial charge >= 0.3 is 5.97 Å². The van der Waals surface area contributed by atoms with Gasteiger partial charge in [-0.3, -0.25) is 0 Å². The van der Waals surface area contributed by atoms with Crippen molar-refractivity contribution in [2.75, 3.05) is 18.9 Å². The number of fused-ring (bicyclic) bond motifs is 1. The van der Waals surface area contributed by atoms with E-state index in [1.54, 1.807) is 11.4 Å². The minimum Gasteiger partial charge on any atom is -0.493 e. The van der Waals surface area contributed by atoms with Crippen LogP contribution in [0.1, 0.15) is 20.8 Å². The van der Waals surface area contributed by atoms with E-state index in [-0.39, 0.29) is 5.97 Å². The van der Waals surface area contributed by atoms with Crippen LogP contribution in [0.25, 0.3) is 0 Å². The molecule has 1 aliphatic rings. The molecule has 0 atom stereocenters. The molecule has 0 aliphatic carbocycles. The van der Waals surface area contributed by atoms with E-state index in [1.165, 1.54) is 16.9 Å². The van der Waals surface area contributed by atoms with Crippen molar-refractivity contribution in [1.82, 2.24) is 0 Å². The lowest BCUT2D eigenvalue weighted by atomic mass is 10.1. The Labute approximate surface area is 121 Å². The van der Waals surface area contributed by atoms with Crippen molar-refractivity contribution in [2.45, 2.75) is 12.8 Å². The Morgan fingerprint density at radius 3 is 3.10 bits per heavy atom. The molecule has 4 nitrogen and oxygen atoms in total. The van der Waals surface area contributed by atoms with Gasteiger partial charge in [-0.2, -0.15) is 0 Å². The summed E-state index contributed by atoms with van der Waals surface area (Å²) >= 11 is 1.30. The van der Waals surface area contributed by atoms with Crippen molar-refractivity contribution in [2.24, 2.45) is 0 Å². The number of anilines is 1. The predicted octanol–water partition coefficient (Wildman–Crippen LogP) is 2.66. The van der Waals surface area contributed by atoms with Crippen LogP contribution < -0.4 is 10.5 Å². The summed E-state index contributed by atoms with van der Waals surface area (Å²) in [5.41, 5.74) is 8.55. The highest BCUT2D eigenvalue weighted by Gasteiger charge is 2.14. The molecule has 2 heterocycles. The van der Waals surface area contributed by atoms with Crippen LogP contribution in [0.2, 0.25) is 0 Å². The number of carbonyl (C=O) groups is 1. The molecule has 0 bridgehead atoms. The van der Waals surface area contributed by atoms with Crippen LogP contribution in [-0.4, -0.2) is 19.2 Å². The molecule has 0 unspecified atom stereocenters. The largest absolute Gasteiger partial charge is 0.493 e. The topological polar surface area (TPSA) is 61.6 Å². The van der Waals surface area contributed by atoms with Crippen molar-refractivity contribution in [1.29, 1.82) is 0 Å². The minimum absolute atomic E-state index is 0.345. The maximum Gasteiger partial charge on any atom is 0.350 e. The Bertz CT molecular complexity index is 636. The lowest BCUT2D eigenvalue weighted by molar-refractivity contribution is 0.0516. The summed E-state index contributed by atoms with van der Waals surface area (Å²) in [6.07, 6.45) is 1.65. The highest BCUT2D eigenvalue weighted by Crippen LogP contribution is 2.26. The van der Waals surface area contributed by atoms with Gasteiger partial charge in [0, 0.05) is 12.8 Å². The fraction of sp³-hybridized carbons (Fsp3) is 0.267. The molecule has 1 aliphatic heterocycles. The summed E-state index contributed by atoms with van der Waals surface area (Å²) in [6.45, 7) is 1.11. The number of esters is 1. The van der Waals surface area contributed by atoms with Crippen LogP contribution in [0.5, 0.6) is 5.75 Å². The number of rotatable bonds is 4. The number of ether oxygens (including phenoxy) is 2. The number of thiophene rings is 1. The maximum atomic E-state index is 11.8. The highest BCUT2D eigenvalue weighted by molar-refractivity contribution is 7.12. The summed E-state index contributed by atoms with van der Waals surface area (Å²) in [6, 6.07) is 7.83. The molecule has 0 saturated heterocycles. The van der Waals surface area contributed by atoms with Crippen LogP contribution >= 0.6 is 11.3 Å². The van der Waals surface area contributed by atoms with Crippen molar-refractivity contribution >= 4 is 23.0 Å². The second-order valence-electron chi connectivity index (χ2n) is 4.63. The molecule has 0 saturated carbocycles. The Hall–Kier alpha value is -2.01. The van der Waals surface area contributed by atoms with Gasteiger partial charge in [0.15, 0.2) is 0 Å². The summed E-state index contributed by atoms with van der Waals surface area (Å²) in [7, 11) is 0. The van der Waals surface area contributed by atoms with E-state index in [9.17, 15) is 4.79 Å². The van der Waals surface area contributed by atoms with Crippen LogP contribution in [0.4, 0.5) is 5.69 Å². The average molecular weight is 289 g/mol.